The molecule has 42 heavy (non-hydrogen) atoms. The molecule has 4 rings (SSSR count). The van der Waals surface area contributed by atoms with Gasteiger partial charge in [-0.1, -0.05) is 86.4 Å². The summed E-state index contributed by atoms with van der Waals surface area (Å²) in [7, 11) is 1.80. The van der Waals surface area contributed by atoms with Crippen molar-refractivity contribution < 1.29 is 4.79 Å². The van der Waals surface area contributed by atoms with Gasteiger partial charge in [0.2, 0.25) is 5.95 Å². The Morgan fingerprint density at radius 3 is 2.57 bits per heavy atom. The van der Waals surface area contributed by atoms with Gasteiger partial charge in [-0.05, 0) is 49.7 Å². The minimum atomic E-state index is -0.322. The zero-order valence-electron chi connectivity index (χ0n) is 24.4. The van der Waals surface area contributed by atoms with Crippen LogP contribution in [0.2, 0.25) is 0 Å². The van der Waals surface area contributed by atoms with Crippen LogP contribution in [-0.2, 0) is 11.2 Å². The molecule has 218 valence electrons. The van der Waals surface area contributed by atoms with Crippen molar-refractivity contribution in [2.45, 2.75) is 45.4 Å². The number of hydrogen-bond acceptors (Lipinski definition) is 8. The fourth-order valence-corrected chi connectivity index (χ4v) is 4.42. The summed E-state index contributed by atoms with van der Waals surface area (Å²) in [5.41, 5.74) is 13.5. The summed E-state index contributed by atoms with van der Waals surface area (Å²) in [4.78, 5) is 22.2. The Labute approximate surface area is 248 Å². The summed E-state index contributed by atoms with van der Waals surface area (Å²) in [6.45, 7) is 6.21. The van der Waals surface area contributed by atoms with Crippen LogP contribution in [0.1, 0.15) is 44.7 Å². The first-order chi connectivity index (χ1) is 20.6. The lowest BCUT2D eigenvalue weighted by Gasteiger charge is -2.17. The molecule has 9 nitrogen and oxygen atoms in total. The normalized spacial score (nSPS) is 19.1. The molecule has 0 aromatic carbocycles. The van der Waals surface area contributed by atoms with Gasteiger partial charge in [0.1, 0.15) is 11.5 Å². The molecule has 0 spiro atoms. The maximum absolute atomic E-state index is 13.0. The molecule has 5 N–H and O–H groups in total. The third-order valence-electron chi connectivity index (χ3n) is 6.67. The van der Waals surface area contributed by atoms with Crippen LogP contribution in [0.4, 0.5) is 11.8 Å². The van der Waals surface area contributed by atoms with E-state index in [9.17, 15) is 4.79 Å². The van der Waals surface area contributed by atoms with E-state index < -0.39 is 0 Å². The van der Waals surface area contributed by atoms with Crippen molar-refractivity contribution in [3.8, 4) is 0 Å². The maximum atomic E-state index is 13.0. The predicted molar refractivity (Wildman–Crippen MR) is 172 cm³/mol. The predicted octanol–water partition coefficient (Wildman–Crippen LogP) is 5.66. The van der Waals surface area contributed by atoms with Gasteiger partial charge in [-0.3, -0.25) is 10.2 Å². The number of aryl methyl sites for hydroxylation is 1. The molecule has 0 saturated heterocycles. The third-order valence-corrected chi connectivity index (χ3v) is 6.67. The Bertz CT molecular complexity index is 1400. The second-order valence-electron chi connectivity index (χ2n) is 9.85. The number of carbonyl (C=O) groups is 1. The Kier molecular flexibility index (Phi) is 11.4. The van der Waals surface area contributed by atoms with Crippen molar-refractivity contribution in [2.75, 3.05) is 17.7 Å². The molecule has 1 aromatic rings. The van der Waals surface area contributed by atoms with Gasteiger partial charge in [0.05, 0.1) is 17.1 Å². The largest absolute Gasteiger partial charge is 0.323 e. The number of anilines is 2. The molecule has 9 heteroatoms. The van der Waals surface area contributed by atoms with Crippen LogP contribution in [0.3, 0.4) is 0 Å². The van der Waals surface area contributed by atoms with Crippen molar-refractivity contribution in [3.05, 3.63) is 120 Å². The van der Waals surface area contributed by atoms with Gasteiger partial charge in [0, 0.05) is 25.2 Å². The van der Waals surface area contributed by atoms with Gasteiger partial charge in [0.15, 0.2) is 0 Å². The van der Waals surface area contributed by atoms with Crippen molar-refractivity contribution >= 4 is 23.4 Å². The second kappa shape index (κ2) is 15.9. The first-order valence-electron chi connectivity index (χ1n) is 14.4. The van der Waals surface area contributed by atoms with Gasteiger partial charge in [-0.15, -0.1) is 0 Å². The number of aromatic nitrogens is 2. The zero-order chi connectivity index (χ0) is 29.6. The van der Waals surface area contributed by atoms with Crippen molar-refractivity contribution in [2.24, 2.45) is 11.0 Å². The lowest BCUT2D eigenvalue weighted by molar-refractivity contribution is -0.113. The van der Waals surface area contributed by atoms with Gasteiger partial charge in [-0.25, -0.2) is 10.4 Å². The van der Waals surface area contributed by atoms with Crippen molar-refractivity contribution in [1.82, 2.24) is 26.2 Å². The average Bonchev–Trinajstić information content (AvgIpc) is 3.21. The number of carbonyl (C=O) groups excluding carboxylic acids is 1. The molecular formula is C33H40N8O. The lowest BCUT2D eigenvalue weighted by Crippen LogP contribution is -2.29. The Hall–Kier alpha value is -4.76. The molecule has 0 unspecified atom stereocenters. The van der Waals surface area contributed by atoms with Crippen LogP contribution in [0.5, 0.6) is 0 Å². The monoisotopic (exact) mass is 564 g/mol. The van der Waals surface area contributed by atoms with Crippen molar-refractivity contribution in [3.63, 3.8) is 0 Å². The minimum absolute atomic E-state index is 0.285. The van der Waals surface area contributed by atoms with E-state index in [0.29, 0.717) is 36.0 Å². The fraction of sp³-hybridized carbons (Fsp3) is 0.273. The summed E-state index contributed by atoms with van der Waals surface area (Å²) < 4.78 is 0. The van der Waals surface area contributed by atoms with Crippen LogP contribution in [0, 0.1) is 5.92 Å². The quantitative estimate of drug-likeness (QED) is 0.134. The Balaban J connectivity index is 1.41. The number of nitrogens with one attached hydrogen (secondary N) is 5. The number of hydrazine groups is 1. The van der Waals surface area contributed by atoms with E-state index in [1.807, 2.05) is 31.2 Å². The first-order valence-corrected chi connectivity index (χ1v) is 14.4. The molecule has 0 bridgehead atoms. The number of allylic oxidation sites excluding steroid dienone is 14. The molecule has 0 fully saturated rings. The summed E-state index contributed by atoms with van der Waals surface area (Å²) in [6.07, 6.45) is 32.2. The zero-order valence-corrected chi connectivity index (χ0v) is 24.4. The molecule has 2 aliphatic carbocycles. The third kappa shape index (κ3) is 9.14. The lowest BCUT2D eigenvalue weighted by atomic mass is 10.0. The van der Waals surface area contributed by atoms with Gasteiger partial charge >= 0.3 is 0 Å². The van der Waals surface area contributed by atoms with Gasteiger partial charge < -0.3 is 16.1 Å². The second-order valence-corrected chi connectivity index (χ2v) is 9.85. The number of amides is 1. The molecule has 1 amide bonds. The van der Waals surface area contributed by atoms with E-state index >= 15 is 0 Å². The van der Waals surface area contributed by atoms with Gasteiger partial charge in [-0.2, -0.15) is 10.1 Å². The molecule has 0 atom stereocenters. The van der Waals surface area contributed by atoms with Crippen LogP contribution in [-0.4, -0.2) is 28.6 Å². The summed E-state index contributed by atoms with van der Waals surface area (Å²) in [6, 6.07) is 1.77. The van der Waals surface area contributed by atoms with E-state index in [4.69, 9.17) is 0 Å². The molecule has 1 aromatic heterocycles. The molecule has 0 radical (unpaired) electrons. The highest BCUT2D eigenvalue weighted by Crippen LogP contribution is 2.19. The van der Waals surface area contributed by atoms with E-state index in [-0.39, 0.29) is 11.8 Å². The van der Waals surface area contributed by atoms with E-state index in [0.717, 1.165) is 48.4 Å². The van der Waals surface area contributed by atoms with Crippen LogP contribution < -0.4 is 26.9 Å². The maximum Gasteiger partial charge on any atom is 0.274 e. The highest BCUT2D eigenvalue weighted by atomic mass is 16.2. The van der Waals surface area contributed by atoms with Crippen LogP contribution in [0.15, 0.2) is 119 Å². The Morgan fingerprint density at radius 2 is 1.86 bits per heavy atom. The van der Waals surface area contributed by atoms with E-state index in [2.05, 4.69) is 103 Å². The molecule has 2 heterocycles. The SMILES string of the molecule is C=C(Nc1nc(CC)cc(NC(=O)C2=CCC(C3=CC=CCC=C3)=NN2)n1)/C(=C/CC1C=CC/C=C\CC=C1)NNC. The fourth-order valence-electron chi connectivity index (χ4n) is 4.42. The van der Waals surface area contributed by atoms with Gasteiger partial charge in [0.25, 0.3) is 5.91 Å². The molecule has 3 aliphatic rings. The number of rotatable bonds is 11. The minimum Gasteiger partial charge on any atom is -0.323 e. The smallest absolute Gasteiger partial charge is 0.274 e. The average molecular weight is 565 g/mol. The summed E-state index contributed by atoms with van der Waals surface area (Å²) >= 11 is 0. The standard InChI is InChI=1S/C33H40N8O/c1-4-27-23-31(37-32(42)30-22-21-29(40-41-30)26-17-13-9-10-14-18-26)38-33(36-27)35-24(2)28(39-34-3)20-19-25-15-11-7-5-6-8-12-16-25/h5-6,9,11-18,20,22-23,25,34,39,41H,2,4,7-8,10,19,21H2,1,3H3,(H2,35,36,37,38,42)/b6-5-,15-11?,16-12?,28-20-. The number of hydrogen-bond donors (Lipinski definition) is 5. The number of nitrogens with zero attached hydrogens (tertiary/aromatic N) is 3. The van der Waals surface area contributed by atoms with E-state index in [1.54, 1.807) is 13.1 Å². The highest BCUT2D eigenvalue weighted by molar-refractivity contribution is 6.08. The van der Waals surface area contributed by atoms with Crippen LogP contribution in [0.25, 0.3) is 0 Å². The molecule has 0 saturated carbocycles. The number of hydrazone groups is 1. The summed E-state index contributed by atoms with van der Waals surface area (Å²) in [5.74, 6) is 0.698. The van der Waals surface area contributed by atoms with Crippen molar-refractivity contribution in [1.29, 1.82) is 0 Å². The Morgan fingerprint density at radius 1 is 1.07 bits per heavy atom. The first kappa shape index (κ1) is 30.2. The summed E-state index contributed by atoms with van der Waals surface area (Å²) in [5, 5.41) is 10.5. The molecule has 1 aliphatic heterocycles. The molecular weight excluding hydrogens is 524 g/mol. The van der Waals surface area contributed by atoms with E-state index in [1.165, 1.54) is 0 Å². The topological polar surface area (TPSA) is 115 Å². The highest BCUT2D eigenvalue weighted by Gasteiger charge is 2.17. The van der Waals surface area contributed by atoms with Crippen LogP contribution >= 0.6 is 0 Å².